The van der Waals surface area contributed by atoms with Crippen molar-refractivity contribution in [3.63, 3.8) is 0 Å². The fourth-order valence-corrected chi connectivity index (χ4v) is 1.42. The predicted octanol–water partition coefficient (Wildman–Crippen LogP) is 3.12. The first kappa shape index (κ1) is 12.5. The lowest BCUT2D eigenvalue weighted by Crippen LogP contribution is -2.10. The second-order valence-electron chi connectivity index (χ2n) is 3.65. The van der Waals surface area contributed by atoms with E-state index in [1.807, 2.05) is 60.7 Å². The molecule has 0 unspecified atom stereocenters. The molecule has 94 valence electrons. The van der Waals surface area contributed by atoms with E-state index in [0.29, 0.717) is 13.2 Å². The lowest BCUT2D eigenvalue weighted by atomic mass is 10.3. The van der Waals surface area contributed by atoms with Gasteiger partial charge in [0.2, 0.25) is 0 Å². The smallest absolute Gasteiger partial charge is 0.189 e. The lowest BCUT2D eigenvalue weighted by molar-refractivity contribution is 0.00247. The van der Waals surface area contributed by atoms with Crippen molar-refractivity contribution >= 4 is 0 Å². The summed E-state index contributed by atoms with van der Waals surface area (Å²) in [7, 11) is 0. The fraction of sp³-hybridized carbons (Fsp3) is 0.200. The Hall–Kier alpha value is -2.00. The van der Waals surface area contributed by atoms with Crippen LogP contribution in [0.15, 0.2) is 60.7 Å². The van der Waals surface area contributed by atoms with Crippen molar-refractivity contribution < 1.29 is 14.2 Å². The minimum atomic E-state index is 0.238. The Kier molecular flexibility index (Phi) is 5.09. The molecule has 0 aromatic heterocycles. The van der Waals surface area contributed by atoms with Crippen molar-refractivity contribution in [2.45, 2.75) is 0 Å². The van der Waals surface area contributed by atoms with Gasteiger partial charge < -0.3 is 14.2 Å². The third-order valence-corrected chi connectivity index (χ3v) is 2.29. The molecule has 0 aliphatic rings. The molecule has 2 aromatic carbocycles. The monoisotopic (exact) mass is 244 g/mol. The first-order chi connectivity index (χ1) is 8.95. The zero-order valence-corrected chi connectivity index (χ0v) is 10.1. The quantitative estimate of drug-likeness (QED) is 0.553. The highest BCUT2D eigenvalue weighted by molar-refractivity contribution is 5.21. The third-order valence-electron chi connectivity index (χ3n) is 2.29. The van der Waals surface area contributed by atoms with Crippen molar-refractivity contribution in [3.8, 4) is 11.5 Å². The highest BCUT2D eigenvalue weighted by atomic mass is 16.7. The van der Waals surface area contributed by atoms with Gasteiger partial charge in [0.25, 0.3) is 0 Å². The molecule has 0 amide bonds. The van der Waals surface area contributed by atoms with E-state index in [0.717, 1.165) is 11.5 Å². The van der Waals surface area contributed by atoms with E-state index < -0.39 is 0 Å². The Balaban J connectivity index is 1.54. The second-order valence-corrected chi connectivity index (χ2v) is 3.65. The molecule has 3 nitrogen and oxygen atoms in total. The molecule has 2 rings (SSSR count). The molecular formula is C15H16O3. The van der Waals surface area contributed by atoms with E-state index in [1.54, 1.807) is 0 Å². The number of ether oxygens (including phenoxy) is 3. The molecule has 0 aliphatic carbocycles. The Morgan fingerprint density at radius 3 is 1.78 bits per heavy atom. The predicted molar refractivity (Wildman–Crippen MR) is 69.8 cm³/mol. The minimum Gasteiger partial charge on any atom is -0.491 e. The first-order valence-electron chi connectivity index (χ1n) is 5.88. The molecule has 0 spiro atoms. The van der Waals surface area contributed by atoms with Gasteiger partial charge in [-0.05, 0) is 24.3 Å². The summed E-state index contributed by atoms with van der Waals surface area (Å²) in [5, 5.41) is 0. The fourth-order valence-electron chi connectivity index (χ4n) is 1.42. The highest BCUT2D eigenvalue weighted by Gasteiger charge is 1.93. The average molecular weight is 244 g/mol. The molecule has 0 aliphatic heterocycles. The van der Waals surface area contributed by atoms with Crippen LogP contribution in [0.5, 0.6) is 11.5 Å². The number of para-hydroxylation sites is 2. The normalized spacial score (nSPS) is 10.0. The van der Waals surface area contributed by atoms with Crippen molar-refractivity contribution in [2.24, 2.45) is 0 Å². The molecule has 0 heterocycles. The number of hydrogen-bond donors (Lipinski definition) is 0. The summed E-state index contributed by atoms with van der Waals surface area (Å²) in [6.45, 7) is 1.26. The molecule has 0 atom stereocenters. The van der Waals surface area contributed by atoms with Gasteiger partial charge in [0.1, 0.15) is 18.1 Å². The van der Waals surface area contributed by atoms with Gasteiger partial charge in [0.05, 0.1) is 6.61 Å². The van der Waals surface area contributed by atoms with Crippen LogP contribution in [0.3, 0.4) is 0 Å². The summed E-state index contributed by atoms with van der Waals surface area (Å²) in [4.78, 5) is 0. The topological polar surface area (TPSA) is 27.7 Å². The van der Waals surface area contributed by atoms with E-state index in [2.05, 4.69) is 0 Å². The minimum absolute atomic E-state index is 0.238. The summed E-state index contributed by atoms with van der Waals surface area (Å²) in [5.74, 6) is 1.66. The van der Waals surface area contributed by atoms with Crippen molar-refractivity contribution in [2.75, 3.05) is 20.0 Å². The van der Waals surface area contributed by atoms with Gasteiger partial charge in [0.15, 0.2) is 6.79 Å². The van der Waals surface area contributed by atoms with Gasteiger partial charge >= 0.3 is 0 Å². The Morgan fingerprint density at radius 1 is 0.611 bits per heavy atom. The van der Waals surface area contributed by atoms with Crippen LogP contribution in [0.2, 0.25) is 0 Å². The Labute approximate surface area is 107 Å². The van der Waals surface area contributed by atoms with Crippen LogP contribution >= 0.6 is 0 Å². The molecule has 3 heteroatoms. The van der Waals surface area contributed by atoms with Crippen LogP contribution in [0.25, 0.3) is 0 Å². The summed E-state index contributed by atoms with van der Waals surface area (Å²) in [6.07, 6.45) is 0. The number of hydrogen-bond acceptors (Lipinski definition) is 3. The van der Waals surface area contributed by atoms with Crippen LogP contribution in [0.4, 0.5) is 0 Å². The number of rotatable bonds is 7. The molecule has 2 aromatic rings. The molecule has 0 fully saturated rings. The third kappa shape index (κ3) is 4.47. The van der Waals surface area contributed by atoms with Gasteiger partial charge in [-0.1, -0.05) is 36.4 Å². The zero-order chi connectivity index (χ0) is 12.5. The van der Waals surface area contributed by atoms with Crippen LogP contribution in [0.1, 0.15) is 0 Å². The van der Waals surface area contributed by atoms with Gasteiger partial charge in [-0.2, -0.15) is 0 Å². The van der Waals surface area contributed by atoms with Crippen LogP contribution in [-0.2, 0) is 4.74 Å². The van der Waals surface area contributed by atoms with Crippen LogP contribution in [-0.4, -0.2) is 20.0 Å². The van der Waals surface area contributed by atoms with E-state index in [9.17, 15) is 0 Å². The molecule has 0 saturated carbocycles. The van der Waals surface area contributed by atoms with E-state index in [4.69, 9.17) is 14.2 Å². The molecular weight excluding hydrogens is 228 g/mol. The Bertz CT molecular complexity index is 385. The van der Waals surface area contributed by atoms with E-state index >= 15 is 0 Å². The maximum atomic E-state index is 5.48. The lowest BCUT2D eigenvalue weighted by Gasteiger charge is -2.08. The Morgan fingerprint density at radius 2 is 1.17 bits per heavy atom. The average Bonchev–Trinajstić information content (AvgIpc) is 2.45. The summed E-state index contributed by atoms with van der Waals surface area (Å²) < 4.78 is 16.2. The van der Waals surface area contributed by atoms with Gasteiger partial charge in [-0.3, -0.25) is 0 Å². The molecule has 0 saturated heterocycles. The SMILES string of the molecule is c1ccc(OCCOCOc2ccccc2)cc1. The van der Waals surface area contributed by atoms with Crippen LogP contribution in [0, 0.1) is 0 Å². The summed E-state index contributed by atoms with van der Waals surface area (Å²) in [6, 6.07) is 19.2. The largest absolute Gasteiger partial charge is 0.491 e. The summed E-state index contributed by atoms with van der Waals surface area (Å²) in [5.41, 5.74) is 0. The maximum Gasteiger partial charge on any atom is 0.189 e. The number of benzene rings is 2. The zero-order valence-electron chi connectivity index (χ0n) is 10.1. The van der Waals surface area contributed by atoms with Crippen molar-refractivity contribution in [3.05, 3.63) is 60.7 Å². The van der Waals surface area contributed by atoms with E-state index in [1.165, 1.54) is 0 Å². The second kappa shape index (κ2) is 7.35. The standard InChI is InChI=1S/C15H16O3/c1-3-7-14(8-4-1)17-12-11-16-13-18-15-9-5-2-6-10-15/h1-10H,11-13H2. The molecule has 18 heavy (non-hydrogen) atoms. The maximum absolute atomic E-state index is 5.48. The van der Waals surface area contributed by atoms with Crippen molar-refractivity contribution in [1.29, 1.82) is 0 Å². The molecule has 0 radical (unpaired) electrons. The first-order valence-corrected chi connectivity index (χ1v) is 5.88. The van der Waals surface area contributed by atoms with Crippen LogP contribution < -0.4 is 9.47 Å². The van der Waals surface area contributed by atoms with Gasteiger partial charge in [-0.25, -0.2) is 0 Å². The highest BCUT2D eigenvalue weighted by Crippen LogP contribution is 2.09. The molecule has 0 N–H and O–H groups in total. The van der Waals surface area contributed by atoms with Crippen molar-refractivity contribution in [1.82, 2.24) is 0 Å². The van der Waals surface area contributed by atoms with E-state index in [-0.39, 0.29) is 6.79 Å². The summed E-state index contributed by atoms with van der Waals surface area (Å²) >= 11 is 0. The van der Waals surface area contributed by atoms with Gasteiger partial charge in [0, 0.05) is 0 Å². The van der Waals surface area contributed by atoms with Gasteiger partial charge in [-0.15, -0.1) is 0 Å². The molecule has 0 bridgehead atoms.